The molecule has 1 atom stereocenters. The first-order chi connectivity index (χ1) is 15.4. The maximum atomic E-state index is 12.9. The number of carbonyl (C=O) groups excluding carboxylic acids is 2. The Hall–Kier alpha value is -3.24. The second-order valence-electron chi connectivity index (χ2n) is 8.81. The molecule has 1 aliphatic heterocycles. The number of amides is 2. The fraction of sp³-hybridized carbons (Fsp3) is 0.524. The minimum Gasteiger partial charge on any atom is -0.362 e. The van der Waals surface area contributed by atoms with Gasteiger partial charge in [-0.15, -0.1) is 0 Å². The molecule has 3 aliphatic rings. The molecule has 2 aliphatic carbocycles. The monoisotopic (exact) mass is 446 g/mol. The number of fused-ring (bicyclic) bond motifs is 1. The fourth-order valence-electron chi connectivity index (χ4n) is 4.18. The predicted octanol–water partition coefficient (Wildman–Crippen LogP) is 2.59. The average molecular weight is 446 g/mol. The van der Waals surface area contributed by atoms with Crippen LogP contribution in [-0.2, 0) is 11.3 Å². The average Bonchev–Trinajstić information content (AvgIpc) is 3.31. The Bertz CT molecular complexity index is 1030. The molecule has 1 aromatic carbocycles. The van der Waals surface area contributed by atoms with Gasteiger partial charge in [-0.3, -0.25) is 9.59 Å². The Balaban J connectivity index is 1.08. The van der Waals surface area contributed by atoms with Crippen LogP contribution >= 0.6 is 0 Å². The van der Waals surface area contributed by atoms with Crippen molar-refractivity contribution < 1.29 is 23.0 Å². The number of hydrogen-bond donors (Lipinski definition) is 4. The van der Waals surface area contributed by atoms with E-state index in [1.807, 2.05) is 18.2 Å². The van der Waals surface area contributed by atoms with Crippen LogP contribution in [0.25, 0.3) is 0 Å². The second kappa shape index (κ2) is 8.03. The molecule has 32 heavy (non-hydrogen) atoms. The smallest absolute Gasteiger partial charge is 0.275 e. The van der Waals surface area contributed by atoms with Crippen LogP contribution in [0.3, 0.4) is 0 Å². The van der Waals surface area contributed by atoms with Crippen LogP contribution < -0.4 is 21.3 Å². The standard InChI is InChI=1S/C21H24F2N6O3/c22-21(23)7-12(8-21)6-17(30)24-9-11-1-4-14-15(5-11)27-16(26-14)10-25-20(31)19-18(13-2-3-13)28-32-29-19/h1,4-5,12-13,16,26-27H,2-3,6-10H2,(H,24,30)(H,25,31). The number of alkyl halides is 2. The SMILES string of the molecule is O=C(CC1CC(F)(F)C1)NCc1ccc2c(c1)NC(CNC(=O)c1nonc1C1CC1)N2. The van der Waals surface area contributed by atoms with Crippen molar-refractivity contribution in [3.05, 3.63) is 35.2 Å². The van der Waals surface area contributed by atoms with Crippen LogP contribution in [0.15, 0.2) is 22.8 Å². The highest BCUT2D eigenvalue weighted by molar-refractivity contribution is 5.93. The molecule has 170 valence electrons. The number of rotatable bonds is 8. The summed E-state index contributed by atoms with van der Waals surface area (Å²) in [6.07, 6.45) is 1.50. The number of nitrogens with zero attached hydrogens (tertiary/aromatic N) is 2. The first-order valence-electron chi connectivity index (χ1n) is 10.8. The van der Waals surface area contributed by atoms with Gasteiger partial charge in [-0.2, -0.15) is 0 Å². The molecule has 5 rings (SSSR count). The van der Waals surface area contributed by atoms with Crippen LogP contribution in [0.4, 0.5) is 20.2 Å². The van der Waals surface area contributed by atoms with E-state index in [4.69, 9.17) is 4.63 Å². The van der Waals surface area contributed by atoms with Crippen LogP contribution in [0.2, 0.25) is 0 Å². The topological polar surface area (TPSA) is 121 Å². The van der Waals surface area contributed by atoms with Crippen LogP contribution in [0.1, 0.15) is 59.8 Å². The zero-order valence-electron chi connectivity index (χ0n) is 17.3. The van der Waals surface area contributed by atoms with Crippen molar-refractivity contribution in [2.75, 3.05) is 17.2 Å². The van der Waals surface area contributed by atoms with Crippen molar-refractivity contribution in [2.45, 2.75) is 56.7 Å². The van der Waals surface area contributed by atoms with E-state index in [0.717, 1.165) is 29.8 Å². The van der Waals surface area contributed by atoms with E-state index in [1.54, 1.807) is 0 Å². The summed E-state index contributed by atoms with van der Waals surface area (Å²) >= 11 is 0. The van der Waals surface area contributed by atoms with Gasteiger partial charge in [0.2, 0.25) is 11.8 Å². The first kappa shape index (κ1) is 20.7. The van der Waals surface area contributed by atoms with Crippen LogP contribution in [0.5, 0.6) is 0 Å². The second-order valence-corrected chi connectivity index (χ2v) is 8.81. The lowest BCUT2D eigenvalue weighted by Gasteiger charge is -2.34. The van der Waals surface area contributed by atoms with Gasteiger partial charge >= 0.3 is 0 Å². The van der Waals surface area contributed by atoms with Crippen molar-refractivity contribution in [3.8, 4) is 0 Å². The van der Waals surface area contributed by atoms with E-state index in [0.29, 0.717) is 18.8 Å². The lowest BCUT2D eigenvalue weighted by Crippen LogP contribution is -2.38. The van der Waals surface area contributed by atoms with Gasteiger partial charge in [0, 0.05) is 31.7 Å². The van der Waals surface area contributed by atoms with E-state index in [2.05, 4.69) is 31.6 Å². The molecule has 11 heteroatoms. The number of hydrogen-bond acceptors (Lipinski definition) is 7. The van der Waals surface area contributed by atoms with Gasteiger partial charge in [0.1, 0.15) is 11.9 Å². The molecule has 0 radical (unpaired) electrons. The summed E-state index contributed by atoms with van der Waals surface area (Å²) < 4.78 is 30.5. The molecule has 4 N–H and O–H groups in total. The molecule has 0 bridgehead atoms. The van der Waals surface area contributed by atoms with Crippen molar-refractivity contribution >= 4 is 23.2 Å². The fourth-order valence-corrected chi connectivity index (χ4v) is 4.18. The van der Waals surface area contributed by atoms with Crippen LogP contribution in [0, 0.1) is 5.92 Å². The molecule has 1 unspecified atom stereocenters. The van der Waals surface area contributed by atoms with Gasteiger partial charge in [-0.1, -0.05) is 11.2 Å². The van der Waals surface area contributed by atoms with Gasteiger partial charge in [0.25, 0.3) is 5.91 Å². The lowest BCUT2D eigenvalue weighted by atomic mass is 9.79. The Labute approximate surface area is 182 Å². The van der Waals surface area contributed by atoms with Crippen molar-refractivity contribution in [1.82, 2.24) is 20.9 Å². The molecule has 1 aromatic heterocycles. The molecule has 2 fully saturated rings. The van der Waals surface area contributed by atoms with Crippen molar-refractivity contribution in [1.29, 1.82) is 0 Å². The van der Waals surface area contributed by atoms with E-state index in [9.17, 15) is 18.4 Å². The molecule has 9 nitrogen and oxygen atoms in total. The van der Waals surface area contributed by atoms with Gasteiger partial charge in [0.05, 0.1) is 17.9 Å². The Morgan fingerprint density at radius 3 is 2.66 bits per heavy atom. The highest BCUT2D eigenvalue weighted by Gasteiger charge is 2.45. The molecule has 2 aromatic rings. The maximum absolute atomic E-state index is 12.9. The van der Waals surface area contributed by atoms with E-state index < -0.39 is 5.92 Å². The minimum atomic E-state index is -2.61. The third kappa shape index (κ3) is 4.51. The van der Waals surface area contributed by atoms with E-state index >= 15 is 0 Å². The number of carbonyl (C=O) groups is 2. The van der Waals surface area contributed by atoms with Crippen molar-refractivity contribution in [3.63, 3.8) is 0 Å². The number of anilines is 2. The maximum Gasteiger partial charge on any atom is 0.275 e. The summed E-state index contributed by atoms with van der Waals surface area (Å²) in [5.41, 5.74) is 3.49. The molecule has 2 heterocycles. The number of benzene rings is 1. The first-order valence-corrected chi connectivity index (χ1v) is 10.8. The Morgan fingerprint density at radius 1 is 1.12 bits per heavy atom. The summed E-state index contributed by atoms with van der Waals surface area (Å²) in [6, 6.07) is 5.69. The van der Waals surface area contributed by atoms with E-state index in [1.165, 1.54) is 0 Å². The number of nitrogens with one attached hydrogen (secondary N) is 4. The predicted molar refractivity (Wildman–Crippen MR) is 110 cm³/mol. The minimum absolute atomic E-state index is 0.131. The molecule has 0 saturated heterocycles. The molecular formula is C21H24F2N6O3. The lowest BCUT2D eigenvalue weighted by molar-refractivity contribution is -0.133. The molecular weight excluding hydrogens is 422 g/mol. The van der Waals surface area contributed by atoms with Gasteiger partial charge in [0.15, 0.2) is 5.69 Å². The largest absolute Gasteiger partial charge is 0.362 e. The van der Waals surface area contributed by atoms with E-state index in [-0.39, 0.29) is 54.8 Å². The third-order valence-corrected chi connectivity index (χ3v) is 6.04. The zero-order valence-corrected chi connectivity index (χ0v) is 17.3. The van der Waals surface area contributed by atoms with Gasteiger partial charge < -0.3 is 21.3 Å². The molecule has 2 amide bonds. The molecule has 0 spiro atoms. The highest BCUT2D eigenvalue weighted by atomic mass is 19.3. The summed E-state index contributed by atoms with van der Waals surface area (Å²) in [5, 5.41) is 19.8. The summed E-state index contributed by atoms with van der Waals surface area (Å²) in [4.78, 5) is 24.4. The zero-order chi connectivity index (χ0) is 22.3. The summed E-state index contributed by atoms with van der Waals surface area (Å²) in [6.45, 7) is 0.643. The molecule has 2 saturated carbocycles. The number of aromatic nitrogens is 2. The highest BCUT2D eigenvalue weighted by Crippen LogP contribution is 2.44. The summed E-state index contributed by atoms with van der Waals surface area (Å²) in [5.74, 6) is -3.11. The Kier molecular flexibility index (Phi) is 5.18. The number of halogens is 2. The van der Waals surface area contributed by atoms with Gasteiger partial charge in [-0.05, 0) is 41.6 Å². The Morgan fingerprint density at radius 2 is 1.91 bits per heavy atom. The normalized spacial score (nSPS) is 21.1. The van der Waals surface area contributed by atoms with Crippen LogP contribution in [-0.4, -0.2) is 40.8 Å². The van der Waals surface area contributed by atoms with Gasteiger partial charge in [-0.25, -0.2) is 13.4 Å². The van der Waals surface area contributed by atoms with Crippen molar-refractivity contribution in [2.24, 2.45) is 5.92 Å². The summed E-state index contributed by atoms with van der Waals surface area (Å²) in [7, 11) is 0. The quantitative estimate of drug-likeness (QED) is 0.492. The third-order valence-electron chi connectivity index (χ3n) is 6.04.